The number of benzene rings is 2. The second-order valence-electron chi connectivity index (χ2n) is 5.07. The van der Waals surface area contributed by atoms with Crippen LogP contribution in [0, 0.1) is 5.82 Å². The second-order valence-corrected chi connectivity index (χ2v) is 5.07. The van der Waals surface area contributed by atoms with Crippen molar-refractivity contribution < 1.29 is 23.1 Å². The number of rotatable bonds is 5. The number of para-hydroxylation sites is 1. The molecule has 0 radical (unpaired) electrons. The van der Waals surface area contributed by atoms with Gasteiger partial charge in [0.1, 0.15) is 18.2 Å². The monoisotopic (exact) mass is 357 g/mol. The number of hydrogen-bond donors (Lipinski definition) is 0. The predicted molar refractivity (Wildman–Crippen MR) is 88.8 cm³/mol. The fraction of sp³-hybridized carbons (Fsp3) is 0.0556. The summed E-state index contributed by atoms with van der Waals surface area (Å²) in [6.07, 6.45) is -0.00979. The van der Waals surface area contributed by atoms with Gasteiger partial charge in [-0.3, -0.25) is 0 Å². The van der Waals surface area contributed by atoms with Crippen LogP contribution in [0.4, 0.5) is 19.5 Å². The third-order valence-electron chi connectivity index (χ3n) is 3.21. The number of hydrogen-bond acceptors (Lipinski definition) is 5. The fourth-order valence-electron chi connectivity index (χ4n) is 1.96. The number of aromatic nitrogens is 2. The molecule has 0 N–H and O–H groups in total. The molecule has 6 nitrogen and oxygen atoms in total. The van der Waals surface area contributed by atoms with Crippen molar-refractivity contribution in [1.82, 2.24) is 9.97 Å². The van der Waals surface area contributed by atoms with Gasteiger partial charge in [-0.05, 0) is 29.8 Å². The lowest BCUT2D eigenvalue weighted by Crippen LogP contribution is -2.26. The van der Waals surface area contributed by atoms with Gasteiger partial charge in [0.05, 0.1) is 0 Å². The first-order chi connectivity index (χ1) is 12.6. The maximum absolute atomic E-state index is 14.2. The molecule has 2 aromatic carbocycles. The van der Waals surface area contributed by atoms with Crippen LogP contribution in [-0.2, 0) is 6.61 Å². The molecular weight excluding hydrogens is 344 g/mol. The summed E-state index contributed by atoms with van der Waals surface area (Å²) in [5, 5.41) is -0.251. The minimum atomic E-state index is -1.25. The zero-order valence-corrected chi connectivity index (χ0v) is 13.4. The smallest absolute Gasteiger partial charge is 0.449 e. The van der Waals surface area contributed by atoms with Gasteiger partial charge in [0.25, 0.3) is 0 Å². The number of halogens is 2. The molecule has 0 aliphatic rings. The predicted octanol–water partition coefficient (Wildman–Crippen LogP) is 4.08. The van der Waals surface area contributed by atoms with Crippen LogP contribution in [0.3, 0.4) is 0 Å². The molecule has 8 heteroatoms. The van der Waals surface area contributed by atoms with E-state index in [0.717, 1.165) is 0 Å². The van der Waals surface area contributed by atoms with Crippen LogP contribution in [0.5, 0.6) is 11.8 Å². The maximum atomic E-state index is 14.2. The Balaban J connectivity index is 1.64. The largest absolute Gasteiger partial charge is 0.459 e. The molecule has 0 bridgehead atoms. The summed E-state index contributed by atoms with van der Waals surface area (Å²) < 4.78 is 37.3. The van der Waals surface area contributed by atoms with Crippen molar-refractivity contribution in [2.75, 3.05) is 5.12 Å². The second kappa shape index (κ2) is 8.02. The highest BCUT2D eigenvalue weighted by Gasteiger charge is 2.20. The highest BCUT2D eigenvalue weighted by atomic mass is 19.2. The van der Waals surface area contributed by atoms with Gasteiger partial charge in [0, 0.05) is 12.3 Å². The van der Waals surface area contributed by atoms with Crippen LogP contribution in [0.2, 0.25) is 0 Å². The standard InChI is InChI=1S/C18H13F2N3O3/c19-14-8-6-13(7-9-14)12-25-17-21-11-10-16(22-17)23(20)18(24)26-15-4-2-1-3-5-15/h1-11H,12H2. The van der Waals surface area contributed by atoms with E-state index in [1.165, 1.54) is 48.7 Å². The van der Waals surface area contributed by atoms with Gasteiger partial charge in [-0.2, -0.15) is 4.98 Å². The summed E-state index contributed by atoms with van der Waals surface area (Å²) in [7, 11) is 0. The zero-order valence-electron chi connectivity index (χ0n) is 13.4. The first-order valence-corrected chi connectivity index (χ1v) is 7.55. The van der Waals surface area contributed by atoms with E-state index in [1.807, 2.05) is 0 Å². The van der Waals surface area contributed by atoms with E-state index in [2.05, 4.69) is 9.97 Å². The molecule has 26 heavy (non-hydrogen) atoms. The Labute approximate surface area is 147 Å². The Bertz CT molecular complexity index is 876. The van der Waals surface area contributed by atoms with E-state index in [9.17, 15) is 13.7 Å². The third kappa shape index (κ3) is 4.50. The fourth-order valence-corrected chi connectivity index (χ4v) is 1.96. The molecule has 0 unspecified atom stereocenters. The van der Waals surface area contributed by atoms with E-state index in [0.29, 0.717) is 5.56 Å². The first kappa shape index (κ1) is 17.3. The van der Waals surface area contributed by atoms with Crippen LogP contribution in [0.15, 0.2) is 66.9 Å². The average Bonchev–Trinajstić information content (AvgIpc) is 2.68. The maximum Gasteiger partial charge on any atom is 0.449 e. The molecule has 0 saturated carbocycles. The van der Waals surface area contributed by atoms with Gasteiger partial charge in [-0.1, -0.05) is 39.9 Å². The van der Waals surface area contributed by atoms with E-state index in [4.69, 9.17) is 9.47 Å². The van der Waals surface area contributed by atoms with Crippen molar-refractivity contribution >= 4 is 11.9 Å². The lowest BCUT2D eigenvalue weighted by molar-refractivity contribution is 0.192. The van der Waals surface area contributed by atoms with E-state index in [1.54, 1.807) is 18.2 Å². The average molecular weight is 357 g/mol. The summed E-state index contributed by atoms with van der Waals surface area (Å²) in [5.74, 6) is -0.506. The minimum absolute atomic E-state index is 0.0600. The van der Waals surface area contributed by atoms with E-state index in [-0.39, 0.29) is 35.1 Å². The summed E-state index contributed by atoms with van der Waals surface area (Å²) >= 11 is 0. The Kier molecular flexibility index (Phi) is 5.33. The molecule has 1 amide bonds. The molecule has 0 fully saturated rings. The Morgan fingerprint density at radius 1 is 1.04 bits per heavy atom. The molecule has 3 aromatic rings. The number of amides is 1. The van der Waals surface area contributed by atoms with Crippen LogP contribution in [0.1, 0.15) is 5.56 Å². The Morgan fingerprint density at radius 2 is 1.77 bits per heavy atom. The third-order valence-corrected chi connectivity index (χ3v) is 3.21. The summed E-state index contributed by atoms with van der Waals surface area (Å²) in [5.41, 5.74) is 0.681. The summed E-state index contributed by atoms with van der Waals surface area (Å²) in [4.78, 5) is 19.5. The van der Waals surface area contributed by atoms with Crippen LogP contribution in [0.25, 0.3) is 0 Å². The van der Waals surface area contributed by atoms with Gasteiger partial charge in [0.2, 0.25) is 0 Å². The molecule has 0 spiro atoms. The highest BCUT2D eigenvalue weighted by molar-refractivity contribution is 5.85. The number of carbonyl (C=O) groups excluding carboxylic acids is 1. The molecular formula is C18H13F2N3O3. The quantitative estimate of drug-likeness (QED) is 0.644. The number of ether oxygens (including phenoxy) is 2. The number of nitrogens with zero attached hydrogens (tertiary/aromatic N) is 3. The Hall–Kier alpha value is -3.55. The van der Waals surface area contributed by atoms with Crippen molar-refractivity contribution in [3.05, 3.63) is 78.2 Å². The minimum Gasteiger partial charge on any atom is -0.459 e. The van der Waals surface area contributed by atoms with Crippen molar-refractivity contribution in [3.63, 3.8) is 0 Å². The van der Waals surface area contributed by atoms with Crippen LogP contribution >= 0.6 is 0 Å². The van der Waals surface area contributed by atoms with Crippen molar-refractivity contribution in [3.8, 4) is 11.8 Å². The SMILES string of the molecule is O=C(Oc1ccccc1)N(F)c1ccnc(OCc2ccc(F)cc2)n1. The lowest BCUT2D eigenvalue weighted by atomic mass is 10.2. The van der Waals surface area contributed by atoms with Crippen molar-refractivity contribution in [2.45, 2.75) is 6.61 Å². The van der Waals surface area contributed by atoms with Gasteiger partial charge in [-0.25, -0.2) is 14.2 Å². The lowest BCUT2D eigenvalue weighted by Gasteiger charge is -2.12. The van der Waals surface area contributed by atoms with Crippen molar-refractivity contribution in [2.24, 2.45) is 0 Å². The van der Waals surface area contributed by atoms with Gasteiger partial charge in [0.15, 0.2) is 5.82 Å². The van der Waals surface area contributed by atoms with Crippen molar-refractivity contribution in [1.29, 1.82) is 0 Å². The molecule has 0 saturated heterocycles. The van der Waals surface area contributed by atoms with E-state index >= 15 is 0 Å². The molecule has 0 aliphatic carbocycles. The number of carbonyl (C=O) groups is 1. The summed E-state index contributed by atoms with van der Waals surface area (Å²) in [6, 6.07) is 14.8. The molecule has 0 atom stereocenters. The summed E-state index contributed by atoms with van der Waals surface area (Å²) in [6.45, 7) is 0.0600. The molecule has 0 aliphatic heterocycles. The van der Waals surface area contributed by atoms with Crippen LogP contribution < -0.4 is 14.6 Å². The van der Waals surface area contributed by atoms with Gasteiger partial charge in [-0.15, -0.1) is 0 Å². The number of anilines is 1. The molecule has 132 valence electrons. The van der Waals surface area contributed by atoms with E-state index < -0.39 is 6.09 Å². The van der Waals surface area contributed by atoms with Crippen LogP contribution in [-0.4, -0.2) is 16.1 Å². The molecule has 1 aromatic heterocycles. The zero-order chi connectivity index (χ0) is 18.4. The normalized spacial score (nSPS) is 10.2. The highest BCUT2D eigenvalue weighted by Crippen LogP contribution is 2.18. The van der Waals surface area contributed by atoms with Gasteiger partial charge >= 0.3 is 12.1 Å². The Morgan fingerprint density at radius 3 is 2.50 bits per heavy atom. The topological polar surface area (TPSA) is 64.5 Å². The molecule has 3 rings (SSSR count). The van der Waals surface area contributed by atoms with Gasteiger partial charge < -0.3 is 9.47 Å². The molecule has 1 heterocycles. The first-order valence-electron chi connectivity index (χ1n) is 7.55.